The van der Waals surface area contributed by atoms with Crippen molar-refractivity contribution in [1.82, 2.24) is 14.6 Å². The van der Waals surface area contributed by atoms with Gasteiger partial charge in [0.15, 0.2) is 0 Å². The smallest absolute Gasteiger partial charge is 0.231 e. The minimum atomic E-state index is -3.19. The number of nitrogens with one attached hydrogen (secondary N) is 1. The summed E-state index contributed by atoms with van der Waals surface area (Å²) in [5.41, 5.74) is 1.12. The van der Waals surface area contributed by atoms with Crippen LogP contribution in [0.5, 0.6) is 0 Å². The zero-order valence-corrected chi connectivity index (χ0v) is 19.4. The molecular weight excluding hydrogens is 430 g/mol. The first-order valence-corrected chi connectivity index (χ1v) is 13.1. The van der Waals surface area contributed by atoms with Crippen molar-refractivity contribution in [3.8, 4) is 0 Å². The third-order valence-electron chi connectivity index (χ3n) is 6.01. The van der Waals surface area contributed by atoms with Gasteiger partial charge >= 0.3 is 0 Å². The Labute approximate surface area is 187 Å². The van der Waals surface area contributed by atoms with Gasteiger partial charge in [0.1, 0.15) is 0 Å². The molecule has 0 saturated carbocycles. The van der Waals surface area contributed by atoms with Crippen LogP contribution in [-0.4, -0.2) is 49.0 Å². The van der Waals surface area contributed by atoms with Crippen LogP contribution in [0.2, 0.25) is 0 Å². The van der Waals surface area contributed by atoms with Gasteiger partial charge in [0.25, 0.3) is 0 Å². The van der Waals surface area contributed by atoms with E-state index >= 15 is 0 Å². The second-order valence-electron chi connectivity index (χ2n) is 8.36. The molecule has 0 spiro atoms. The fourth-order valence-corrected chi connectivity index (χ4v) is 6.09. The number of hydrogen-bond donors (Lipinski definition) is 1. The molecule has 4 rings (SSSR count). The largest absolute Gasteiger partial charge is 0.352 e. The monoisotopic (exact) mass is 457 g/mol. The fraction of sp³-hybridized carbons (Fsp3) is 0.391. The van der Waals surface area contributed by atoms with Crippen LogP contribution in [0, 0.1) is 0 Å². The number of carbonyl (C=O) groups excluding carboxylic acids is 1. The zero-order chi connectivity index (χ0) is 22.1. The first kappa shape index (κ1) is 21.9. The Morgan fingerprint density at radius 1 is 1.13 bits per heavy atom. The Morgan fingerprint density at radius 2 is 1.77 bits per heavy atom. The molecule has 0 bridgehead atoms. The van der Waals surface area contributed by atoms with Crippen LogP contribution in [0.4, 0.5) is 0 Å². The molecule has 1 saturated heterocycles. The Balaban J connectivity index is 1.55. The zero-order valence-electron chi connectivity index (χ0n) is 17.7. The normalized spacial score (nSPS) is 18.0. The van der Waals surface area contributed by atoms with Crippen LogP contribution in [0.1, 0.15) is 30.3 Å². The number of hydrogen-bond acceptors (Lipinski definition) is 5. The highest BCUT2D eigenvalue weighted by Gasteiger charge is 2.38. The standard InChI is InChI=1S/C23H27N3O3S2/c1-23(17-8-4-3-5-9-17,16-21-25-19-10-6-7-11-20(19)30-21)22(27)24-18-12-14-26(15-13-18)31(2,28)29/h3-11,18H,12-16H2,1-2H3,(H,24,27)/t23-/m1/s1. The number of fused-ring (bicyclic) bond motifs is 1. The van der Waals surface area contributed by atoms with Crippen LogP contribution in [0.25, 0.3) is 10.2 Å². The summed E-state index contributed by atoms with van der Waals surface area (Å²) < 4.78 is 26.1. The van der Waals surface area contributed by atoms with E-state index in [2.05, 4.69) is 5.32 Å². The minimum Gasteiger partial charge on any atom is -0.352 e. The molecule has 1 N–H and O–H groups in total. The van der Waals surface area contributed by atoms with Gasteiger partial charge in [-0.2, -0.15) is 0 Å². The van der Waals surface area contributed by atoms with Crippen molar-refractivity contribution < 1.29 is 13.2 Å². The SMILES string of the molecule is C[C@](Cc1nc2ccccc2s1)(C(=O)NC1CCN(S(C)(=O)=O)CC1)c1ccccc1. The van der Waals surface area contributed by atoms with E-state index in [1.807, 2.05) is 61.5 Å². The van der Waals surface area contributed by atoms with E-state index in [9.17, 15) is 13.2 Å². The highest BCUT2D eigenvalue weighted by molar-refractivity contribution is 7.88. The number of benzene rings is 2. The lowest BCUT2D eigenvalue weighted by atomic mass is 9.78. The number of carbonyl (C=O) groups is 1. The van der Waals surface area contributed by atoms with Crippen molar-refractivity contribution in [3.63, 3.8) is 0 Å². The average Bonchev–Trinajstić information content (AvgIpc) is 3.16. The van der Waals surface area contributed by atoms with Crippen LogP contribution in [0.15, 0.2) is 54.6 Å². The number of thiazole rings is 1. The summed E-state index contributed by atoms with van der Waals surface area (Å²) in [5.74, 6) is -0.0456. The second kappa shape index (κ2) is 8.68. The van der Waals surface area contributed by atoms with Crippen LogP contribution in [0.3, 0.4) is 0 Å². The lowest BCUT2D eigenvalue weighted by Crippen LogP contribution is -2.51. The average molecular weight is 458 g/mol. The van der Waals surface area contributed by atoms with Gasteiger partial charge in [-0.25, -0.2) is 17.7 Å². The predicted molar refractivity (Wildman–Crippen MR) is 125 cm³/mol. The van der Waals surface area contributed by atoms with Crippen molar-refractivity contribution in [1.29, 1.82) is 0 Å². The van der Waals surface area contributed by atoms with Crippen LogP contribution in [-0.2, 0) is 26.7 Å². The number of rotatable bonds is 6. The summed E-state index contributed by atoms with van der Waals surface area (Å²) in [6, 6.07) is 17.8. The maximum absolute atomic E-state index is 13.6. The summed E-state index contributed by atoms with van der Waals surface area (Å²) >= 11 is 1.62. The Morgan fingerprint density at radius 3 is 2.42 bits per heavy atom. The molecular formula is C23H27N3O3S2. The summed E-state index contributed by atoms with van der Waals surface area (Å²) in [6.07, 6.45) is 2.97. The first-order valence-electron chi connectivity index (χ1n) is 10.4. The molecule has 1 atom stereocenters. The molecule has 8 heteroatoms. The Bertz CT molecular complexity index is 1140. The number of sulfonamides is 1. The lowest BCUT2D eigenvalue weighted by molar-refractivity contribution is -0.127. The van der Waals surface area contributed by atoms with Gasteiger partial charge in [-0.05, 0) is 37.5 Å². The van der Waals surface area contributed by atoms with Crippen molar-refractivity contribution in [2.24, 2.45) is 0 Å². The predicted octanol–water partition coefficient (Wildman–Crippen LogP) is 3.34. The van der Waals surface area contributed by atoms with Gasteiger partial charge in [-0.15, -0.1) is 11.3 Å². The van der Waals surface area contributed by atoms with E-state index in [1.54, 1.807) is 11.3 Å². The molecule has 0 aliphatic carbocycles. The maximum Gasteiger partial charge on any atom is 0.231 e. The van der Waals surface area contributed by atoms with Gasteiger partial charge in [-0.1, -0.05) is 42.5 Å². The molecule has 0 unspecified atom stereocenters. The van der Waals surface area contributed by atoms with Crippen molar-refractivity contribution in [2.75, 3.05) is 19.3 Å². The highest BCUT2D eigenvalue weighted by Crippen LogP contribution is 2.32. The highest BCUT2D eigenvalue weighted by atomic mass is 32.2. The van der Waals surface area contributed by atoms with Gasteiger partial charge in [0, 0.05) is 25.6 Å². The van der Waals surface area contributed by atoms with Crippen LogP contribution >= 0.6 is 11.3 Å². The van der Waals surface area contributed by atoms with Gasteiger partial charge in [0.05, 0.1) is 26.9 Å². The van der Waals surface area contributed by atoms with Crippen molar-refractivity contribution in [2.45, 2.75) is 37.6 Å². The second-order valence-corrected chi connectivity index (χ2v) is 11.5. The number of para-hydroxylation sites is 1. The quantitative estimate of drug-likeness (QED) is 0.616. The van der Waals surface area contributed by atoms with E-state index in [0.717, 1.165) is 20.8 Å². The number of amides is 1. The maximum atomic E-state index is 13.6. The molecule has 3 aromatic rings. The van der Waals surface area contributed by atoms with E-state index in [0.29, 0.717) is 32.4 Å². The summed E-state index contributed by atoms with van der Waals surface area (Å²) in [6.45, 7) is 2.84. The summed E-state index contributed by atoms with van der Waals surface area (Å²) in [7, 11) is -3.19. The first-order chi connectivity index (χ1) is 14.8. The topological polar surface area (TPSA) is 79.4 Å². The molecule has 2 aromatic carbocycles. The summed E-state index contributed by atoms with van der Waals surface area (Å²) in [5, 5.41) is 4.13. The number of aromatic nitrogens is 1. The van der Waals surface area contributed by atoms with Crippen molar-refractivity contribution >= 4 is 37.5 Å². The lowest BCUT2D eigenvalue weighted by Gasteiger charge is -2.34. The number of piperidine rings is 1. The minimum absolute atomic E-state index is 0.0381. The fourth-order valence-electron chi connectivity index (χ4n) is 4.09. The van der Waals surface area contributed by atoms with Gasteiger partial charge < -0.3 is 5.32 Å². The molecule has 0 radical (unpaired) electrons. The third-order valence-corrected chi connectivity index (χ3v) is 8.35. The molecule has 1 amide bonds. The molecule has 1 aliphatic heterocycles. The molecule has 1 aromatic heterocycles. The molecule has 1 aliphatic rings. The van der Waals surface area contributed by atoms with E-state index < -0.39 is 15.4 Å². The molecule has 1 fully saturated rings. The molecule has 2 heterocycles. The Kier molecular flexibility index (Phi) is 6.14. The third kappa shape index (κ3) is 4.81. The van der Waals surface area contributed by atoms with E-state index in [4.69, 9.17) is 4.98 Å². The Hall–Kier alpha value is -2.29. The summed E-state index contributed by atoms with van der Waals surface area (Å²) in [4.78, 5) is 18.3. The van der Waals surface area contributed by atoms with Crippen molar-refractivity contribution in [3.05, 3.63) is 65.2 Å². The number of nitrogens with zero attached hydrogens (tertiary/aromatic N) is 2. The van der Waals surface area contributed by atoms with Gasteiger partial charge in [-0.3, -0.25) is 4.79 Å². The molecule has 31 heavy (non-hydrogen) atoms. The van der Waals surface area contributed by atoms with Crippen LogP contribution < -0.4 is 5.32 Å². The van der Waals surface area contributed by atoms with E-state index in [1.165, 1.54) is 10.6 Å². The van der Waals surface area contributed by atoms with Gasteiger partial charge in [0.2, 0.25) is 15.9 Å². The molecule has 164 valence electrons. The van der Waals surface area contributed by atoms with E-state index in [-0.39, 0.29) is 11.9 Å². The molecule has 6 nitrogen and oxygen atoms in total.